The summed E-state index contributed by atoms with van der Waals surface area (Å²) >= 11 is 0. The Morgan fingerprint density at radius 3 is 2.43 bits per heavy atom. The first-order valence-corrected chi connectivity index (χ1v) is 7.49. The fraction of sp³-hybridized carbons (Fsp3) is 0.222. The summed E-state index contributed by atoms with van der Waals surface area (Å²) in [5, 5.41) is 5.55. The van der Waals surface area contributed by atoms with Crippen molar-refractivity contribution < 1.29 is 14.3 Å². The molecule has 2 N–H and O–H groups in total. The lowest BCUT2D eigenvalue weighted by atomic mass is 10.1. The fourth-order valence-corrected chi connectivity index (χ4v) is 2.04. The molecule has 0 bridgehead atoms. The molecule has 120 valence electrons. The maximum Gasteiger partial charge on any atom is 0.253 e. The summed E-state index contributed by atoms with van der Waals surface area (Å²) in [7, 11) is 0. The van der Waals surface area contributed by atoms with Crippen molar-refractivity contribution >= 4 is 17.5 Å². The first-order valence-electron chi connectivity index (χ1n) is 7.49. The van der Waals surface area contributed by atoms with Crippen molar-refractivity contribution in [3.05, 3.63) is 65.7 Å². The molecular weight excluding hydrogens is 292 g/mol. The summed E-state index contributed by atoms with van der Waals surface area (Å²) in [6.45, 7) is 2.68. The molecule has 2 amide bonds. The van der Waals surface area contributed by atoms with Gasteiger partial charge in [0, 0.05) is 13.2 Å². The van der Waals surface area contributed by atoms with Gasteiger partial charge in [-0.1, -0.05) is 42.5 Å². The van der Waals surface area contributed by atoms with Crippen LogP contribution >= 0.6 is 0 Å². The molecule has 0 aliphatic carbocycles. The highest BCUT2D eigenvalue weighted by atomic mass is 16.5. The SMILES string of the molecule is CCOCC(=O)Nc1ccccc1C(=O)NCc1ccccc1. The van der Waals surface area contributed by atoms with E-state index in [1.54, 1.807) is 24.3 Å². The van der Waals surface area contributed by atoms with Crippen LogP contribution in [0, 0.1) is 0 Å². The molecule has 0 unspecified atom stereocenters. The topological polar surface area (TPSA) is 67.4 Å². The number of carbonyl (C=O) groups excluding carboxylic acids is 2. The van der Waals surface area contributed by atoms with Gasteiger partial charge in [-0.3, -0.25) is 9.59 Å². The van der Waals surface area contributed by atoms with Crippen molar-refractivity contribution in [1.82, 2.24) is 5.32 Å². The average molecular weight is 312 g/mol. The zero-order valence-corrected chi connectivity index (χ0v) is 13.0. The summed E-state index contributed by atoms with van der Waals surface area (Å²) in [5.41, 5.74) is 1.91. The maximum atomic E-state index is 12.3. The summed E-state index contributed by atoms with van der Waals surface area (Å²) in [6, 6.07) is 16.5. The molecule has 0 saturated heterocycles. The van der Waals surface area contributed by atoms with Gasteiger partial charge in [-0.05, 0) is 24.6 Å². The Balaban J connectivity index is 2.01. The van der Waals surface area contributed by atoms with Gasteiger partial charge in [0.25, 0.3) is 5.91 Å². The minimum atomic E-state index is -0.282. The number of anilines is 1. The van der Waals surface area contributed by atoms with E-state index in [-0.39, 0.29) is 18.4 Å². The molecule has 2 aromatic rings. The van der Waals surface area contributed by atoms with Crippen molar-refractivity contribution in [3.8, 4) is 0 Å². The third-order valence-electron chi connectivity index (χ3n) is 3.18. The number of amides is 2. The van der Waals surface area contributed by atoms with Crippen LogP contribution < -0.4 is 10.6 Å². The van der Waals surface area contributed by atoms with Crippen molar-refractivity contribution in [2.75, 3.05) is 18.5 Å². The molecule has 0 aliphatic heterocycles. The Kier molecular flexibility index (Phi) is 6.32. The van der Waals surface area contributed by atoms with Gasteiger partial charge in [0.05, 0.1) is 11.3 Å². The average Bonchev–Trinajstić information content (AvgIpc) is 2.59. The Morgan fingerprint density at radius 1 is 1.00 bits per heavy atom. The second-order valence-electron chi connectivity index (χ2n) is 4.90. The number of benzene rings is 2. The number of rotatable bonds is 7. The monoisotopic (exact) mass is 312 g/mol. The van der Waals surface area contributed by atoms with Gasteiger partial charge >= 0.3 is 0 Å². The maximum absolute atomic E-state index is 12.3. The zero-order valence-electron chi connectivity index (χ0n) is 13.0. The van der Waals surface area contributed by atoms with Crippen molar-refractivity contribution in [3.63, 3.8) is 0 Å². The third-order valence-corrected chi connectivity index (χ3v) is 3.18. The molecule has 2 rings (SSSR count). The molecule has 5 heteroatoms. The third kappa shape index (κ3) is 5.23. The summed E-state index contributed by atoms with van der Waals surface area (Å²) in [6.07, 6.45) is 0. The standard InChI is InChI=1S/C18H20N2O3/c1-2-23-13-17(21)20-16-11-7-6-10-15(16)18(22)19-12-14-8-4-3-5-9-14/h3-11H,2,12-13H2,1H3,(H,19,22)(H,20,21). The van der Waals surface area contributed by atoms with Crippen LogP contribution in [0.5, 0.6) is 0 Å². The van der Waals surface area contributed by atoms with Crippen LogP contribution in [0.3, 0.4) is 0 Å². The lowest BCUT2D eigenvalue weighted by Crippen LogP contribution is -2.25. The van der Waals surface area contributed by atoms with Crippen LogP contribution in [-0.4, -0.2) is 25.0 Å². The highest BCUT2D eigenvalue weighted by molar-refractivity contribution is 6.03. The minimum Gasteiger partial charge on any atom is -0.372 e. The Hall–Kier alpha value is -2.66. The van der Waals surface area contributed by atoms with Gasteiger partial charge in [0.2, 0.25) is 5.91 Å². The highest BCUT2D eigenvalue weighted by Crippen LogP contribution is 2.15. The van der Waals surface area contributed by atoms with E-state index in [0.29, 0.717) is 24.4 Å². The molecule has 0 aromatic heterocycles. The van der Waals surface area contributed by atoms with Crippen LogP contribution in [0.4, 0.5) is 5.69 Å². The number of para-hydroxylation sites is 1. The minimum absolute atomic E-state index is 0.0313. The van der Waals surface area contributed by atoms with E-state index in [1.807, 2.05) is 37.3 Å². The number of carbonyl (C=O) groups is 2. The van der Waals surface area contributed by atoms with E-state index in [4.69, 9.17) is 4.74 Å². The molecule has 0 spiro atoms. The van der Waals surface area contributed by atoms with E-state index in [2.05, 4.69) is 10.6 Å². The van der Waals surface area contributed by atoms with Gasteiger partial charge in [-0.2, -0.15) is 0 Å². The molecule has 2 aromatic carbocycles. The van der Waals surface area contributed by atoms with Crippen LogP contribution in [0.15, 0.2) is 54.6 Å². The van der Waals surface area contributed by atoms with Gasteiger partial charge in [0.15, 0.2) is 0 Å². The largest absolute Gasteiger partial charge is 0.372 e. The predicted octanol–water partition coefficient (Wildman–Crippen LogP) is 2.59. The lowest BCUT2D eigenvalue weighted by molar-refractivity contribution is -0.120. The molecule has 23 heavy (non-hydrogen) atoms. The van der Waals surface area contributed by atoms with E-state index >= 15 is 0 Å². The quantitative estimate of drug-likeness (QED) is 0.826. The van der Waals surface area contributed by atoms with E-state index in [1.165, 1.54) is 0 Å². The summed E-state index contributed by atoms with van der Waals surface area (Å²) < 4.78 is 5.06. The number of nitrogens with one attached hydrogen (secondary N) is 2. The van der Waals surface area contributed by atoms with E-state index in [9.17, 15) is 9.59 Å². The van der Waals surface area contributed by atoms with E-state index < -0.39 is 0 Å². The molecule has 0 atom stereocenters. The van der Waals surface area contributed by atoms with E-state index in [0.717, 1.165) is 5.56 Å². The Morgan fingerprint density at radius 2 is 1.70 bits per heavy atom. The van der Waals surface area contributed by atoms with Gasteiger partial charge in [-0.25, -0.2) is 0 Å². The van der Waals surface area contributed by atoms with Crippen molar-refractivity contribution in [1.29, 1.82) is 0 Å². The normalized spacial score (nSPS) is 10.1. The fourth-order valence-electron chi connectivity index (χ4n) is 2.04. The van der Waals surface area contributed by atoms with Crippen molar-refractivity contribution in [2.45, 2.75) is 13.5 Å². The van der Waals surface area contributed by atoms with Gasteiger partial charge in [0.1, 0.15) is 6.61 Å². The van der Waals surface area contributed by atoms with Gasteiger partial charge in [-0.15, -0.1) is 0 Å². The molecular formula is C18H20N2O3. The van der Waals surface area contributed by atoms with Crippen molar-refractivity contribution in [2.24, 2.45) is 0 Å². The first kappa shape index (κ1) is 16.7. The predicted molar refractivity (Wildman–Crippen MR) is 89.2 cm³/mol. The van der Waals surface area contributed by atoms with Crippen LogP contribution in [0.1, 0.15) is 22.8 Å². The number of hydrogen-bond acceptors (Lipinski definition) is 3. The molecule has 0 aliphatic rings. The lowest BCUT2D eigenvalue weighted by Gasteiger charge is -2.11. The summed E-state index contributed by atoms with van der Waals surface area (Å²) in [5.74, 6) is -0.517. The first-order chi connectivity index (χ1) is 11.2. The number of hydrogen-bond donors (Lipinski definition) is 2. The summed E-state index contributed by atoms with van der Waals surface area (Å²) in [4.78, 5) is 24.1. The highest BCUT2D eigenvalue weighted by Gasteiger charge is 2.12. The smallest absolute Gasteiger partial charge is 0.253 e. The van der Waals surface area contributed by atoms with Crippen LogP contribution in [0.2, 0.25) is 0 Å². The Labute approximate surface area is 135 Å². The molecule has 0 radical (unpaired) electrons. The second-order valence-corrected chi connectivity index (χ2v) is 4.90. The molecule has 5 nitrogen and oxygen atoms in total. The molecule has 0 fully saturated rings. The Bertz CT molecular complexity index is 656. The molecule has 0 saturated carbocycles. The van der Waals surface area contributed by atoms with Crippen LogP contribution in [-0.2, 0) is 16.1 Å². The van der Waals surface area contributed by atoms with Crippen LogP contribution in [0.25, 0.3) is 0 Å². The second kappa shape index (κ2) is 8.70. The van der Waals surface area contributed by atoms with Gasteiger partial charge < -0.3 is 15.4 Å². The number of ether oxygens (including phenoxy) is 1. The molecule has 0 heterocycles. The zero-order chi connectivity index (χ0) is 16.5.